The van der Waals surface area contributed by atoms with Crippen LogP contribution >= 0.6 is 0 Å². The van der Waals surface area contributed by atoms with Gasteiger partial charge < -0.3 is 18.9 Å². The molecule has 2 aliphatic heterocycles. The summed E-state index contributed by atoms with van der Waals surface area (Å²) in [4.78, 5) is 12.3. The molecule has 2 unspecified atom stereocenters. The fraction of sp³-hybridized carbons (Fsp3) is 0.533. The first-order valence-electron chi connectivity index (χ1n) is 6.79. The Balaban J connectivity index is 2.02. The van der Waals surface area contributed by atoms with Gasteiger partial charge in [0, 0.05) is 5.56 Å². The molecule has 0 spiro atoms. The van der Waals surface area contributed by atoms with Gasteiger partial charge in [-0.2, -0.15) is 0 Å². The summed E-state index contributed by atoms with van der Waals surface area (Å²) >= 11 is 0. The molecule has 2 aliphatic rings. The summed E-state index contributed by atoms with van der Waals surface area (Å²) in [5, 5.41) is 0. The minimum absolute atomic E-state index is 0.0832. The molecule has 0 amide bonds. The lowest BCUT2D eigenvalue weighted by Gasteiger charge is -2.44. The van der Waals surface area contributed by atoms with Crippen LogP contribution < -0.4 is 4.74 Å². The van der Waals surface area contributed by atoms with E-state index in [1.807, 2.05) is 25.1 Å². The number of hydrogen-bond acceptors (Lipinski definition) is 5. The van der Waals surface area contributed by atoms with Crippen LogP contribution in [0.2, 0.25) is 0 Å². The number of carbonyl (C=O) groups excluding carboxylic acids is 1. The molecule has 1 aromatic rings. The molecular weight excluding hydrogens is 260 g/mol. The monoisotopic (exact) mass is 278 g/mol. The van der Waals surface area contributed by atoms with Gasteiger partial charge >= 0.3 is 5.97 Å². The Morgan fingerprint density at radius 2 is 2.35 bits per heavy atom. The molecule has 0 aromatic heterocycles. The topological polar surface area (TPSA) is 54.0 Å². The number of benzene rings is 1. The van der Waals surface area contributed by atoms with E-state index in [4.69, 9.17) is 18.9 Å². The van der Waals surface area contributed by atoms with E-state index in [9.17, 15) is 4.79 Å². The summed E-state index contributed by atoms with van der Waals surface area (Å²) in [7, 11) is 0. The number of rotatable bonds is 2. The Kier molecular flexibility index (Phi) is 3.40. The summed E-state index contributed by atoms with van der Waals surface area (Å²) in [6, 6.07) is 5.94. The fourth-order valence-corrected chi connectivity index (χ4v) is 2.78. The number of ether oxygens (including phenoxy) is 4. The Labute approximate surface area is 117 Å². The predicted octanol–water partition coefficient (Wildman–Crippen LogP) is 1.78. The standard InChI is InChI=1S/C15H18O5/c1-3-18-14(16)15-8-19-13-6-10(2)4-5-11(13)12(15)7-17-9-20-15/h4-6,12H,3,7-9H2,1-2H3. The van der Waals surface area contributed by atoms with Crippen molar-refractivity contribution < 1.29 is 23.7 Å². The van der Waals surface area contributed by atoms with Crippen LogP contribution in [0.4, 0.5) is 0 Å². The highest BCUT2D eigenvalue weighted by atomic mass is 16.7. The normalized spacial score (nSPS) is 28.0. The van der Waals surface area contributed by atoms with Crippen LogP contribution in [0.1, 0.15) is 24.0 Å². The van der Waals surface area contributed by atoms with Gasteiger partial charge in [0.15, 0.2) is 0 Å². The van der Waals surface area contributed by atoms with E-state index in [1.165, 1.54) is 0 Å². The summed E-state index contributed by atoms with van der Waals surface area (Å²) in [5.74, 6) is 0.225. The van der Waals surface area contributed by atoms with Crippen LogP contribution in [-0.2, 0) is 19.0 Å². The molecule has 2 heterocycles. The summed E-state index contributed by atoms with van der Waals surface area (Å²) in [6.07, 6.45) is 0. The average molecular weight is 278 g/mol. The van der Waals surface area contributed by atoms with Gasteiger partial charge in [0.2, 0.25) is 5.60 Å². The van der Waals surface area contributed by atoms with Crippen molar-refractivity contribution in [1.82, 2.24) is 0 Å². The quantitative estimate of drug-likeness (QED) is 0.772. The van der Waals surface area contributed by atoms with Gasteiger partial charge in [0.05, 0.1) is 19.1 Å². The fourth-order valence-electron chi connectivity index (χ4n) is 2.78. The molecule has 0 saturated carbocycles. The van der Waals surface area contributed by atoms with E-state index in [2.05, 4.69) is 0 Å². The minimum Gasteiger partial charge on any atom is -0.490 e. The Morgan fingerprint density at radius 1 is 1.50 bits per heavy atom. The van der Waals surface area contributed by atoms with Crippen molar-refractivity contribution in [2.75, 3.05) is 26.6 Å². The number of hydrogen-bond donors (Lipinski definition) is 0. The molecule has 3 rings (SSSR count). The molecule has 1 aromatic carbocycles. The highest BCUT2D eigenvalue weighted by Crippen LogP contribution is 2.44. The first-order valence-corrected chi connectivity index (χ1v) is 6.79. The van der Waals surface area contributed by atoms with E-state index >= 15 is 0 Å². The van der Waals surface area contributed by atoms with Gasteiger partial charge in [-0.25, -0.2) is 4.79 Å². The second-order valence-electron chi connectivity index (χ2n) is 5.13. The number of aryl methyl sites for hydroxylation is 1. The van der Waals surface area contributed by atoms with Crippen LogP contribution in [0.25, 0.3) is 0 Å². The second kappa shape index (κ2) is 5.07. The molecule has 0 N–H and O–H groups in total. The largest absolute Gasteiger partial charge is 0.490 e. The lowest BCUT2D eigenvalue weighted by atomic mass is 9.79. The molecule has 20 heavy (non-hydrogen) atoms. The zero-order valence-corrected chi connectivity index (χ0v) is 11.7. The van der Waals surface area contributed by atoms with Crippen molar-refractivity contribution in [3.8, 4) is 5.75 Å². The van der Waals surface area contributed by atoms with E-state index in [1.54, 1.807) is 6.92 Å². The molecule has 0 aliphatic carbocycles. The van der Waals surface area contributed by atoms with Crippen molar-refractivity contribution in [2.45, 2.75) is 25.4 Å². The molecule has 5 heteroatoms. The van der Waals surface area contributed by atoms with Gasteiger partial charge in [-0.1, -0.05) is 12.1 Å². The zero-order valence-electron chi connectivity index (χ0n) is 11.7. The third kappa shape index (κ3) is 1.98. The Morgan fingerprint density at radius 3 is 3.15 bits per heavy atom. The summed E-state index contributed by atoms with van der Waals surface area (Å²) in [5.41, 5.74) is 0.968. The van der Waals surface area contributed by atoms with Gasteiger partial charge in [0.25, 0.3) is 0 Å². The predicted molar refractivity (Wildman–Crippen MR) is 70.7 cm³/mol. The number of carbonyl (C=O) groups is 1. The number of fused-ring (bicyclic) bond motifs is 3. The highest BCUT2D eigenvalue weighted by molar-refractivity contribution is 5.82. The van der Waals surface area contributed by atoms with Gasteiger partial charge in [-0.05, 0) is 25.5 Å². The van der Waals surface area contributed by atoms with Gasteiger partial charge in [-0.3, -0.25) is 0 Å². The zero-order chi connectivity index (χ0) is 14.2. The summed E-state index contributed by atoms with van der Waals surface area (Å²) < 4.78 is 22.0. The van der Waals surface area contributed by atoms with Crippen molar-refractivity contribution in [2.24, 2.45) is 0 Å². The molecular formula is C15H18O5. The molecule has 2 atom stereocenters. The Hall–Kier alpha value is -1.59. The maximum Gasteiger partial charge on any atom is 0.342 e. The highest BCUT2D eigenvalue weighted by Gasteiger charge is 2.55. The summed E-state index contributed by atoms with van der Waals surface area (Å²) in [6.45, 7) is 4.78. The number of esters is 1. The maximum absolute atomic E-state index is 12.3. The molecule has 1 fully saturated rings. The van der Waals surface area contributed by atoms with Crippen molar-refractivity contribution >= 4 is 5.97 Å². The third-order valence-electron chi connectivity index (χ3n) is 3.85. The van der Waals surface area contributed by atoms with Crippen molar-refractivity contribution in [3.05, 3.63) is 29.3 Å². The third-order valence-corrected chi connectivity index (χ3v) is 3.85. The van der Waals surface area contributed by atoms with Gasteiger partial charge in [0.1, 0.15) is 19.1 Å². The van der Waals surface area contributed by atoms with E-state index in [0.717, 1.165) is 16.9 Å². The van der Waals surface area contributed by atoms with E-state index < -0.39 is 5.60 Å². The lowest BCUT2D eigenvalue weighted by Crippen LogP contribution is -2.58. The first-order chi connectivity index (χ1) is 9.67. The van der Waals surface area contributed by atoms with Gasteiger partial charge in [-0.15, -0.1) is 0 Å². The van der Waals surface area contributed by atoms with E-state index in [-0.39, 0.29) is 25.3 Å². The minimum atomic E-state index is -1.09. The smallest absolute Gasteiger partial charge is 0.342 e. The average Bonchev–Trinajstić information content (AvgIpc) is 2.47. The first kappa shape index (κ1) is 13.4. The van der Waals surface area contributed by atoms with Crippen LogP contribution in [0.15, 0.2) is 18.2 Å². The van der Waals surface area contributed by atoms with E-state index in [0.29, 0.717) is 13.2 Å². The van der Waals surface area contributed by atoms with Crippen LogP contribution in [0, 0.1) is 6.92 Å². The van der Waals surface area contributed by atoms with Crippen LogP contribution in [-0.4, -0.2) is 38.2 Å². The van der Waals surface area contributed by atoms with Crippen LogP contribution in [0.5, 0.6) is 5.75 Å². The lowest BCUT2D eigenvalue weighted by molar-refractivity contribution is -0.234. The maximum atomic E-state index is 12.3. The Bertz CT molecular complexity index is 527. The SMILES string of the molecule is CCOC(=O)C12COc3cc(C)ccc3C1COCO2. The van der Waals surface area contributed by atoms with Crippen LogP contribution in [0.3, 0.4) is 0 Å². The molecule has 108 valence electrons. The molecule has 0 bridgehead atoms. The van der Waals surface area contributed by atoms with Crippen molar-refractivity contribution in [1.29, 1.82) is 0 Å². The second-order valence-corrected chi connectivity index (χ2v) is 5.13. The van der Waals surface area contributed by atoms with Crippen molar-refractivity contribution in [3.63, 3.8) is 0 Å². The molecule has 5 nitrogen and oxygen atoms in total. The molecule has 1 saturated heterocycles. The molecule has 0 radical (unpaired) electrons.